The Morgan fingerprint density at radius 3 is 2.46 bits per heavy atom. The van der Waals surface area contributed by atoms with E-state index in [9.17, 15) is 4.79 Å². The van der Waals surface area contributed by atoms with Gasteiger partial charge >= 0.3 is 0 Å². The number of nitrogens with one attached hydrogen (secondary N) is 1. The summed E-state index contributed by atoms with van der Waals surface area (Å²) in [6.45, 7) is 4.32. The quantitative estimate of drug-likeness (QED) is 0.719. The molecular weight excluding hydrogens is 348 g/mol. The normalized spacial score (nSPS) is 11.3. The Morgan fingerprint density at radius 2 is 1.81 bits per heavy atom. The van der Waals surface area contributed by atoms with Crippen molar-refractivity contribution < 1.29 is 0 Å². The van der Waals surface area contributed by atoms with Gasteiger partial charge in [0.25, 0.3) is 5.56 Å². The Kier molecular flexibility index (Phi) is 5.59. The molecule has 136 valence electrons. The number of aromatic amines is 1. The summed E-state index contributed by atoms with van der Waals surface area (Å²) in [5.41, 5.74) is 2.90. The maximum Gasteiger partial charge on any atom is 0.258 e. The van der Waals surface area contributed by atoms with Crippen molar-refractivity contribution in [1.82, 2.24) is 14.9 Å². The highest BCUT2D eigenvalue weighted by Gasteiger charge is 2.10. The minimum atomic E-state index is -0.131. The van der Waals surface area contributed by atoms with E-state index in [0.29, 0.717) is 28.3 Å². The van der Waals surface area contributed by atoms with Gasteiger partial charge in [0.2, 0.25) is 0 Å². The molecule has 0 fully saturated rings. The van der Waals surface area contributed by atoms with Crippen molar-refractivity contribution in [3.8, 4) is 0 Å². The Balaban J connectivity index is 1.79. The van der Waals surface area contributed by atoms with Crippen LogP contribution in [0.3, 0.4) is 0 Å². The molecule has 1 N–H and O–H groups in total. The van der Waals surface area contributed by atoms with Crippen LogP contribution in [0.4, 0.5) is 5.69 Å². The minimum Gasteiger partial charge on any atom is -0.378 e. The van der Waals surface area contributed by atoms with Crippen molar-refractivity contribution in [2.75, 3.05) is 25.5 Å². The fraction of sp³-hybridized carbons (Fsp3) is 0.300. The summed E-state index contributed by atoms with van der Waals surface area (Å²) in [7, 11) is 4.06. The van der Waals surface area contributed by atoms with Crippen molar-refractivity contribution >= 4 is 28.2 Å². The molecule has 6 heteroatoms. The zero-order chi connectivity index (χ0) is 18.7. The van der Waals surface area contributed by atoms with Crippen LogP contribution in [0, 0.1) is 0 Å². The van der Waals surface area contributed by atoms with E-state index in [4.69, 9.17) is 11.6 Å². The van der Waals surface area contributed by atoms with Crippen LogP contribution < -0.4 is 10.5 Å². The van der Waals surface area contributed by atoms with Crippen LogP contribution in [0.15, 0.2) is 47.3 Å². The molecule has 26 heavy (non-hydrogen) atoms. The number of H-pyrrole nitrogens is 1. The molecule has 0 aliphatic heterocycles. The third-order valence-electron chi connectivity index (χ3n) is 4.40. The molecule has 3 rings (SSSR count). The minimum absolute atomic E-state index is 0.131. The number of anilines is 1. The predicted octanol–water partition coefficient (Wildman–Crippen LogP) is 3.66. The smallest absolute Gasteiger partial charge is 0.258 e. The van der Waals surface area contributed by atoms with Crippen LogP contribution in [0.5, 0.6) is 0 Å². The average molecular weight is 371 g/mol. The molecule has 0 atom stereocenters. The summed E-state index contributed by atoms with van der Waals surface area (Å²) < 4.78 is 0. The van der Waals surface area contributed by atoms with Crippen molar-refractivity contribution in [3.63, 3.8) is 0 Å². The number of halogens is 1. The van der Waals surface area contributed by atoms with E-state index in [-0.39, 0.29) is 5.56 Å². The lowest BCUT2D eigenvalue weighted by molar-refractivity contribution is 0.264. The Bertz CT molecular complexity index is 950. The Hall–Kier alpha value is -2.37. The zero-order valence-corrected chi connectivity index (χ0v) is 16.0. The number of fused-ring (bicyclic) bond motifs is 1. The first-order valence-corrected chi connectivity index (χ1v) is 9.01. The van der Waals surface area contributed by atoms with E-state index in [2.05, 4.69) is 51.0 Å². The van der Waals surface area contributed by atoms with E-state index in [1.807, 2.05) is 14.1 Å². The van der Waals surface area contributed by atoms with Gasteiger partial charge in [-0.1, -0.05) is 30.7 Å². The van der Waals surface area contributed by atoms with Gasteiger partial charge in [-0.2, -0.15) is 0 Å². The molecule has 0 aliphatic rings. The van der Waals surface area contributed by atoms with E-state index in [0.717, 1.165) is 13.1 Å². The molecular formula is C20H23ClN4O. The number of hydrogen-bond acceptors (Lipinski definition) is 4. The second kappa shape index (κ2) is 7.89. The van der Waals surface area contributed by atoms with Crippen molar-refractivity contribution in [2.45, 2.75) is 20.0 Å². The van der Waals surface area contributed by atoms with E-state index < -0.39 is 0 Å². The van der Waals surface area contributed by atoms with Crippen LogP contribution in [-0.2, 0) is 13.1 Å². The summed E-state index contributed by atoms with van der Waals surface area (Å²) >= 11 is 6.03. The second-order valence-electron chi connectivity index (χ2n) is 6.54. The third kappa shape index (κ3) is 4.23. The topological polar surface area (TPSA) is 52.2 Å². The van der Waals surface area contributed by atoms with Gasteiger partial charge in [0.1, 0.15) is 5.82 Å². The summed E-state index contributed by atoms with van der Waals surface area (Å²) in [5, 5.41) is 1.13. The molecule has 0 spiro atoms. The van der Waals surface area contributed by atoms with Gasteiger partial charge in [0.05, 0.1) is 17.4 Å². The standard InChI is InChI=1S/C20H23ClN4O/c1-4-25(12-14-5-8-16(9-6-14)24(2)3)13-19-22-18-11-15(21)7-10-17(18)20(26)23-19/h5-11H,4,12-13H2,1-3H3,(H,22,23,26). The molecule has 0 amide bonds. The molecule has 3 aromatic rings. The Morgan fingerprint density at radius 1 is 1.08 bits per heavy atom. The molecule has 1 heterocycles. The van der Waals surface area contributed by atoms with Gasteiger partial charge < -0.3 is 9.88 Å². The van der Waals surface area contributed by atoms with Crippen molar-refractivity contribution in [2.24, 2.45) is 0 Å². The maximum atomic E-state index is 12.3. The highest BCUT2D eigenvalue weighted by Crippen LogP contribution is 2.16. The first-order chi connectivity index (χ1) is 12.5. The van der Waals surface area contributed by atoms with E-state index in [1.54, 1.807) is 18.2 Å². The van der Waals surface area contributed by atoms with Gasteiger partial charge in [0.15, 0.2) is 0 Å². The number of hydrogen-bond donors (Lipinski definition) is 1. The molecule has 0 radical (unpaired) electrons. The molecule has 1 aromatic heterocycles. The number of rotatable bonds is 6. The molecule has 0 bridgehead atoms. The van der Waals surface area contributed by atoms with E-state index >= 15 is 0 Å². The fourth-order valence-electron chi connectivity index (χ4n) is 2.88. The van der Waals surface area contributed by atoms with Crippen LogP contribution in [0.1, 0.15) is 18.3 Å². The van der Waals surface area contributed by atoms with Crippen LogP contribution in [0.2, 0.25) is 5.02 Å². The van der Waals surface area contributed by atoms with Gasteiger partial charge in [-0.25, -0.2) is 4.98 Å². The van der Waals surface area contributed by atoms with Gasteiger partial charge in [-0.05, 0) is 42.4 Å². The fourth-order valence-corrected chi connectivity index (χ4v) is 3.05. The summed E-state index contributed by atoms with van der Waals surface area (Å²) in [5.74, 6) is 0.650. The monoisotopic (exact) mass is 370 g/mol. The molecule has 0 saturated carbocycles. The van der Waals surface area contributed by atoms with Crippen molar-refractivity contribution in [1.29, 1.82) is 0 Å². The zero-order valence-electron chi connectivity index (χ0n) is 15.3. The second-order valence-corrected chi connectivity index (χ2v) is 6.97. The largest absolute Gasteiger partial charge is 0.378 e. The number of benzene rings is 2. The predicted molar refractivity (Wildman–Crippen MR) is 108 cm³/mol. The van der Waals surface area contributed by atoms with Crippen LogP contribution >= 0.6 is 11.6 Å². The maximum absolute atomic E-state index is 12.3. The summed E-state index contributed by atoms with van der Waals surface area (Å²) in [6, 6.07) is 13.6. The van der Waals surface area contributed by atoms with Gasteiger partial charge in [-0.15, -0.1) is 0 Å². The third-order valence-corrected chi connectivity index (χ3v) is 4.63. The lowest BCUT2D eigenvalue weighted by Gasteiger charge is -2.20. The lowest BCUT2D eigenvalue weighted by atomic mass is 10.2. The highest BCUT2D eigenvalue weighted by molar-refractivity contribution is 6.31. The van der Waals surface area contributed by atoms with Gasteiger partial charge in [-0.3, -0.25) is 9.69 Å². The first kappa shape index (κ1) is 18.4. The molecule has 0 saturated heterocycles. The van der Waals surface area contributed by atoms with E-state index in [1.165, 1.54) is 11.3 Å². The molecule has 0 unspecified atom stereocenters. The number of nitrogens with zero attached hydrogens (tertiary/aromatic N) is 3. The van der Waals surface area contributed by atoms with Gasteiger partial charge in [0, 0.05) is 31.4 Å². The van der Waals surface area contributed by atoms with Crippen LogP contribution in [0.25, 0.3) is 10.9 Å². The molecule has 5 nitrogen and oxygen atoms in total. The van der Waals surface area contributed by atoms with Crippen molar-refractivity contribution in [3.05, 3.63) is 69.2 Å². The first-order valence-electron chi connectivity index (χ1n) is 8.63. The summed E-state index contributed by atoms with van der Waals surface area (Å²) in [6.07, 6.45) is 0. The Labute approximate surface area is 158 Å². The highest BCUT2D eigenvalue weighted by atomic mass is 35.5. The summed E-state index contributed by atoms with van der Waals surface area (Å²) in [4.78, 5) is 24.1. The molecule has 0 aliphatic carbocycles. The number of aromatic nitrogens is 2. The van der Waals surface area contributed by atoms with Crippen LogP contribution in [-0.4, -0.2) is 35.5 Å². The lowest BCUT2D eigenvalue weighted by Crippen LogP contribution is -2.25. The molecule has 2 aromatic carbocycles. The SMILES string of the molecule is CCN(Cc1ccc(N(C)C)cc1)Cc1nc2cc(Cl)ccc2c(=O)[nH]1. The average Bonchev–Trinajstić information content (AvgIpc) is 2.61.